The Kier molecular flexibility index (Phi) is 3.16. The lowest BCUT2D eigenvalue weighted by Crippen LogP contribution is -2.13. The maximum Gasteiger partial charge on any atom is 0.258 e. The molecule has 1 heterocycles. The third-order valence-electron chi connectivity index (χ3n) is 1.86. The summed E-state index contributed by atoms with van der Waals surface area (Å²) in [4.78, 5) is 11.8. The number of amides is 1. The van der Waals surface area contributed by atoms with Crippen LogP contribution in [0.25, 0.3) is 0 Å². The Morgan fingerprint density at radius 3 is 2.94 bits per heavy atom. The van der Waals surface area contributed by atoms with Crippen molar-refractivity contribution in [1.29, 1.82) is 0 Å². The second-order valence-electron chi connectivity index (χ2n) is 2.97. The van der Waals surface area contributed by atoms with Crippen LogP contribution in [0, 0.1) is 0 Å². The third kappa shape index (κ3) is 2.37. The number of nitrogens with one attached hydrogen (secondary N) is 1. The van der Waals surface area contributed by atoms with E-state index in [0.717, 1.165) is 16.0 Å². The largest absolute Gasteiger partial charge is 0.398 e. The topological polar surface area (TPSA) is 80.9 Å². The van der Waals surface area contributed by atoms with E-state index in [9.17, 15) is 4.79 Å². The first-order chi connectivity index (χ1) is 7.66. The number of hydrogen-bond acceptors (Lipinski definition) is 5. The molecular weight excluding hydrogens is 292 g/mol. The molecule has 2 aromatic rings. The van der Waals surface area contributed by atoms with Crippen molar-refractivity contribution >= 4 is 44.1 Å². The summed E-state index contributed by atoms with van der Waals surface area (Å²) in [7, 11) is 0. The molecule has 16 heavy (non-hydrogen) atoms. The van der Waals surface area contributed by atoms with Crippen LogP contribution >= 0.6 is 27.5 Å². The maximum atomic E-state index is 11.8. The number of halogens is 1. The van der Waals surface area contributed by atoms with Crippen LogP contribution in [-0.4, -0.2) is 15.5 Å². The molecule has 0 spiro atoms. The zero-order valence-electron chi connectivity index (χ0n) is 7.98. The van der Waals surface area contributed by atoms with Crippen molar-refractivity contribution in [2.45, 2.75) is 0 Å². The van der Waals surface area contributed by atoms with Gasteiger partial charge in [-0.2, -0.15) is 0 Å². The van der Waals surface area contributed by atoms with Crippen molar-refractivity contribution in [2.75, 3.05) is 11.1 Å². The molecule has 5 nitrogen and oxygen atoms in total. The van der Waals surface area contributed by atoms with Crippen LogP contribution in [0.1, 0.15) is 10.4 Å². The molecule has 0 fully saturated rings. The van der Waals surface area contributed by atoms with Crippen LogP contribution in [0.15, 0.2) is 28.9 Å². The van der Waals surface area contributed by atoms with Crippen LogP contribution < -0.4 is 11.1 Å². The third-order valence-corrected chi connectivity index (χ3v) is 2.93. The van der Waals surface area contributed by atoms with Gasteiger partial charge in [-0.05, 0) is 18.2 Å². The number of aromatic nitrogens is 2. The van der Waals surface area contributed by atoms with Gasteiger partial charge in [0.25, 0.3) is 5.91 Å². The fourth-order valence-corrected chi connectivity index (χ4v) is 1.94. The van der Waals surface area contributed by atoms with Crippen molar-refractivity contribution in [3.8, 4) is 0 Å². The summed E-state index contributed by atoms with van der Waals surface area (Å²) in [5.41, 5.74) is 6.58. The van der Waals surface area contributed by atoms with Gasteiger partial charge in [-0.15, -0.1) is 5.10 Å². The predicted octanol–water partition coefficient (Wildman–Crippen LogP) is 2.14. The van der Waals surface area contributed by atoms with E-state index < -0.39 is 0 Å². The van der Waals surface area contributed by atoms with Gasteiger partial charge in [0.2, 0.25) is 0 Å². The summed E-state index contributed by atoms with van der Waals surface area (Å²) in [5.74, 6) is -0.268. The number of nitrogens with two attached hydrogens (primary N) is 1. The molecule has 7 heteroatoms. The monoisotopic (exact) mass is 298 g/mol. The first-order valence-corrected chi connectivity index (χ1v) is 5.87. The average molecular weight is 299 g/mol. The number of rotatable bonds is 2. The van der Waals surface area contributed by atoms with E-state index in [-0.39, 0.29) is 5.91 Å². The molecule has 0 aliphatic heterocycles. The minimum Gasteiger partial charge on any atom is -0.398 e. The number of hydrogen-bond donors (Lipinski definition) is 2. The molecule has 0 radical (unpaired) electrons. The molecule has 0 aliphatic rings. The van der Waals surface area contributed by atoms with Gasteiger partial charge in [0, 0.05) is 21.7 Å². The molecule has 1 aromatic heterocycles. The summed E-state index contributed by atoms with van der Waals surface area (Å²) >= 11 is 4.39. The molecule has 82 valence electrons. The van der Waals surface area contributed by atoms with Gasteiger partial charge in [0.05, 0.1) is 11.8 Å². The second-order valence-corrected chi connectivity index (χ2v) is 4.67. The Bertz CT molecular complexity index is 514. The van der Waals surface area contributed by atoms with Gasteiger partial charge in [-0.3, -0.25) is 4.79 Å². The molecule has 0 saturated heterocycles. The van der Waals surface area contributed by atoms with Gasteiger partial charge in [0.15, 0.2) is 0 Å². The molecule has 0 unspecified atom stereocenters. The predicted molar refractivity (Wildman–Crippen MR) is 66.4 cm³/mol. The number of nitrogens with zero attached hydrogens (tertiary/aromatic N) is 2. The van der Waals surface area contributed by atoms with Gasteiger partial charge >= 0.3 is 0 Å². The minimum atomic E-state index is -0.268. The van der Waals surface area contributed by atoms with Crippen molar-refractivity contribution in [3.63, 3.8) is 0 Å². The highest BCUT2D eigenvalue weighted by molar-refractivity contribution is 9.10. The lowest BCUT2D eigenvalue weighted by Gasteiger charge is -2.05. The Hall–Kier alpha value is -1.47. The summed E-state index contributed by atoms with van der Waals surface area (Å²) < 4.78 is 4.48. The highest BCUT2D eigenvalue weighted by Crippen LogP contribution is 2.20. The summed E-state index contributed by atoms with van der Waals surface area (Å²) in [5, 5.41) is 6.87. The first-order valence-electron chi connectivity index (χ1n) is 4.30. The Balaban J connectivity index is 2.21. The van der Waals surface area contributed by atoms with Crippen LogP contribution in [0.5, 0.6) is 0 Å². The smallest absolute Gasteiger partial charge is 0.258 e. The summed E-state index contributed by atoms with van der Waals surface area (Å²) in [6, 6.07) is 5.10. The number of benzene rings is 1. The lowest BCUT2D eigenvalue weighted by molar-refractivity contribution is 0.102. The van der Waals surface area contributed by atoms with E-state index in [4.69, 9.17) is 5.73 Å². The zero-order valence-corrected chi connectivity index (χ0v) is 10.4. The van der Waals surface area contributed by atoms with E-state index >= 15 is 0 Å². The van der Waals surface area contributed by atoms with Crippen LogP contribution in [0.3, 0.4) is 0 Å². The average Bonchev–Trinajstić information content (AvgIpc) is 2.70. The van der Waals surface area contributed by atoms with Crippen molar-refractivity contribution in [3.05, 3.63) is 34.4 Å². The van der Waals surface area contributed by atoms with E-state index in [2.05, 4.69) is 30.8 Å². The zero-order chi connectivity index (χ0) is 11.5. The molecule has 0 bridgehead atoms. The van der Waals surface area contributed by atoms with E-state index in [1.165, 1.54) is 6.20 Å². The SMILES string of the molecule is Nc1cc(Br)ccc1C(=O)Nc1cnns1. The molecule has 3 N–H and O–H groups in total. The maximum absolute atomic E-state index is 11.8. The highest BCUT2D eigenvalue weighted by atomic mass is 79.9. The minimum absolute atomic E-state index is 0.268. The van der Waals surface area contributed by atoms with Crippen molar-refractivity contribution in [2.24, 2.45) is 0 Å². The standard InChI is InChI=1S/C9H7BrN4OS/c10-5-1-2-6(7(11)3-5)9(15)13-8-4-12-14-16-8/h1-4H,11H2,(H,13,15). The van der Waals surface area contributed by atoms with Crippen molar-refractivity contribution in [1.82, 2.24) is 9.59 Å². The van der Waals surface area contributed by atoms with E-state index in [1.807, 2.05) is 0 Å². The highest BCUT2D eigenvalue weighted by Gasteiger charge is 2.10. The number of carbonyl (C=O) groups excluding carboxylic acids is 1. The fourth-order valence-electron chi connectivity index (χ4n) is 1.14. The van der Waals surface area contributed by atoms with E-state index in [0.29, 0.717) is 16.3 Å². The Labute approximate surface area is 104 Å². The van der Waals surface area contributed by atoms with Crippen molar-refractivity contribution < 1.29 is 4.79 Å². The summed E-state index contributed by atoms with van der Waals surface area (Å²) in [6.45, 7) is 0. The Morgan fingerprint density at radius 1 is 1.50 bits per heavy atom. The number of nitrogen functional groups attached to an aromatic ring is 1. The van der Waals surface area contributed by atoms with E-state index in [1.54, 1.807) is 18.2 Å². The first kappa shape index (κ1) is 11.0. The molecule has 0 saturated carbocycles. The lowest BCUT2D eigenvalue weighted by atomic mass is 10.2. The molecule has 0 aliphatic carbocycles. The quantitative estimate of drug-likeness (QED) is 0.832. The number of anilines is 2. The molecule has 1 amide bonds. The normalized spacial score (nSPS) is 10.1. The second kappa shape index (κ2) is 4.58. The fraction of sp³-hybridized carbons (Fsp3) is 0. The van der Waals surface area contributed by atoms with Crippen LogP contribution in [-0.2, 0) is 0 Å². The van der Waals surface area contributed by atoms with Gasteiger partial charge < -0.3 is 11.1 Å². The molecule has 1 aromatic carbocycles. The molecular formula is C9H7BrN4OS. The van der Waals surface area contributed by atoms with Gasteiger partial charge in [0.1, 0.15) is 5.00 Å². The molecule has 0 atom stereocenters. The molecule has 2 rings (SSSR count). The number of carbonyl (C=O) groups is 1. The van der Waals surface area contributed by atoms with Gasteiger partial charge in [-0.1, -0.05) is 20.4 Å². The van der Waals surface area contributed by atoms with Crippen LogP contribution in [0.4, 0.5) is 10.7 Å². The van der Waals surface area contributed by atoms with Gasteiger partial charge in [-0.25, -0.2) is 0 Å². The summed E-state index contributed by atoms with van der Waals surface area (Å²) in [6.07, 6.45) is 1.48. The Morgan fingerprint density at radius 2 is 2.31 bits per heavy atom. The van der Waals surface area contributed by atoms with Crippen LogP contribution in [0.2, 0.25) is 0 Å².